The Balaban J connectivity index is 2.00. The van der Waals surface area contributed by atoms with Crippen LogP contribution in [0.15, 0.2) is 22.5 Å². The molecule has 0 aliphatic heterocycles. The Bertz CT molecular complexity index is 601. The average Bonchev–Trinajstić information content (AvgIpc) is 2.66. The monoisotopic (exact) mass is 295 g/mol. The fourth-order valence-electron chi connectivity index (χ4n) is 1.56. The Morgan fingerprint density at radius 2 is 2.21 bits per heavy atom. The first kappa shape index (κ1) is 14.1. The van der Waals surface area contributed by atoms with Crippen LogP contribution in [-0.2, 0) is 4.79 Å². The number of amides is 1. The molecular formula is C13H17N3OS2. The molecule has 1 aromatic heterocycles. The highest BCUT2D eigenvalue weighted by molar-refractivity contribution is 8.01. The van der Waals surface area contributed by atoms with Crippen molar-refractivity contribution in [3.8, 4) is 0 Å². The van der Waals surface area contributed by atoms with Crippen molar-refractivity contribution in [3.05, 3.63) is 18.2 Å². The Morgan fingerprint density at radius 3 is 2.89 bits per heavy atom. The summed E-state index contributed by atoms with van der Waals surface area (Å²) in [5.41, 5.74) is 7.20. The lowest BCUT2D eigenvalue weighted by molar-refractivity contribution is -0.119. The summed E-state index contributed by atoms with van der Waals surface area (Å²) in [5.74, 6) is 0.406. The maximum atomic E-state index is 11.7. The predicted molar refractivity (Wildman–Crippen MR) is 82.7 cm³/mol. The zero-order chi connectivity index (χ0) is 14.0. The Labute approximate surface area is 120 Å². The number of benzene rings is 1. The Hall–Kier alpha value is -1.27. The SMILES string of the molecule is CC(C)(C)NC(=O)CSc1nc2ccc(N)cc2s1. The Kier molecular flexibility index (Phi) is 4.01. The van der Waals surface area contributed by atoms with E-state index < -0.39 is 0 Å². The number of nitrogens with one attached hydrogen (secondary N) is 1. The summed E-state index contributed by atoms with van der Waals surface area (Å²) in [6.45, 7) is 5.90. The Morgan fingerprint density at radius 1 is 1.47 bits per heavy atom. The molecule has 2 aromatic rings. The number of nitrogens with zero attached hydrogens (tertiary/aromatic N) is 1. The minimum atomic E-state index is -0.195. The first-order valence-corrected chi connectivity index (χ1v) is 7.73. The van der Waals surface area contributed by atoms with Crippen molar-refractivity contribution in [2.45, 2.75) is 30.6 Å². The second-order valence-electron chi connectivity index (χ2n) is 5.29. The van der Waals surface area contributed by atoms with E-state index in [1.54, 1.807) is 11.3 Å². The number of carbonyl (C=O) groups is 1. The van der Waals surface area contributed by atoms with Gasteiger partial charge >= 0.3 is 0 Å². The number of rotatable bonds is 3. The van der Waals surface area contributed by atoms with Gasteiger partial charge in [0.05, 0.1) is 16.0 Å². The number of thioether (sulfide) groups is 1. The first-order chi connectivity index (χ1) is 8.83. The molecule has 1 amide bonds. The van der Waals surface area contributed by atoms with Gasteiger partial charge in [-0.1, -0.05) is 11.8 Å². The fourth-order valence-corrected chi connectivity index (χ4v) is 3.48. The molecule has 102 valence electrons. The van der Waals surface area contributed by atoms with Gasteiger partial charge in [0.25, 0.3) is 0 Å². The number of aromatic nitrogens is 1. The van der Waals surface area contributed by atoms with E-state index >= 15 is 0 Å². The van der Waals surface area contributed by atoms with E-state index in [2.05, 4.69) is 10.3 Å². The topological polar surface area (TPSA) is 68.0 Å². The van der Waals surface area contributed by atoms with E-state index in [0.29, 0.717) is 5.75 Å². The van der Waals surface area contributed by atoms with E-state index in [-0.39, 0.29) is 11.4 Å². The number of hydrogen-bond donors (Lipinski definition) is 2. The van der Waals surface area contributed by atoms with Crippen LogP contribution >= 0.6 is 23.1 Å². The highest BCUT2D eigenvalue weighted by atomic mass is 32.2. The van der Waals surface area contributed by atoms with Gasteiger partial charge in [-0.3, -0.25) is 4.79 Å². The molecule has 0 aliphatic carbocycles. The van der Waals surface area contributed by atoms with Crippen LogP contribution in [0.5, 0.6) is 0 Å². The van der Waals surface area contributed by atoms with Crippen molar-refractivity contribution in [3.63, 3.8) is 0 Å². The highest BCUT2D eigenvalue weighted by Crippen LogP contribution is 2.30. The van der Waals surface area contributed by atoms with Gasteiger partial charge in [0, 0.05) is 11.2 Å². The molecule has 0 saturated heterocycles. The number of thiazole rings is 1. The largest absolute Gasteiger partial charge is 0.399 e. The molecule has 0 aliphatic rings. The van der Waals surface area contributed by atoms with Crippen LogP contribution in [0.4, 0.5) is 5.69 Å². The summed E-state index contributed by atoms with van der Waals surface area (Å²) < 4.78 is 1.95. The van der Waals surface area contributed by atoms with Gasteiger partial charge < -0.3 is 11.1 Å². The molecule has 4 nitrogen and oxygen atoms in total. The quantitative estimate of drug-likeness (QED) is 0.675. The molecule has 2 rings (SSSR count). The second kappa shape index (κ2) is 5.38. The van der Waals surface area contributed by atoms with Gasteiger partial charge in [0.2, 0.25) is 5.91 Å². The summed E-state index contributed by atoms with van der Waals surface area (Å²) in [5, 5.41) is 2.93. The van der Waals surface area contributed by atoms with Gasteiger partial charge in [-0.2, -0.15) is 0 Å². The predicted octanol–water partition coefficient (Wildman–Crippen LogP) is 2.89. The molecule has 0 bridgehead atoms. The average molecular weight is 295 g/mol. The van der Waals surface area contributed by atoms with Crippen LogP contribution in [0.2, 0.25) is 0 Å². The summed E-state index contributed by atoms with van der Waals surface area (Å²) >= 11 is 3.02. The number of carbonyl (C=O) groups excluding carboxylic acids is 1. The molecule has 19 heavy (non-hydrogen) atoms. The van der Waals surface area contributed by atoms with Gasteiger partial charge in [-0.05, 0) is 39.0 Å². The van der Waals surface area contributed by atoms with Gasteiger partial charge in [-0.25, -0.2) is 4.98 Å². The van der Waals surface area contributed by atoms with Gasteiger partial charge in [0.15, 0.2) is 4.34 Å². The van der Waals surface area contributed by atoms with E-state index in [1.165, 1.54) is 11.8 Å². The van der Waals surface area contributed by atoms with Crippen LogP contribution in [0.3, 0.4) is 0 Å². The third kappa shape index (κ3) is 4.11. The van der Waals surface area contributed by atoms with Crippen molar-refractivity contribution >= 4 is 44.9 Å². The van der Waals surface area contributed by atoms with E-state index in [1.807, 2.05) is 39.0 Å². The third-order valence-corrected chi connectivity index (χ3v) is 4.40. The number of nitrogen functional groups attached to an aromatic ring is 1. The summed E-state index contributed by atoms with van der Waals surface area (Å²) in [6.07, 6.45) is 0. The van der Waals surface area contributed by atoms with E-state index in [9.17, 15) is 4.79 Å². The van der Waals surface area contributed by atoms with Crippen molar-refractivity contribution in [1.29, 1.82) is 0 Å². The van der Waals surface area contributed by atoms with E-state index in [0.717, 1.165) is 20.2 Å². The minimum absolute atomic E-state index is 0.0243. The molecule has 0 spiro atoms. The number of hydrogen-bond acceptors (Lipinski definition) is 5. The fraction of sp³-hybridized carbons (Fsp3) is 0.385. The first-order valence-electron chi connectivity index (χ1n) is 5.93. The minimum Gasteiger partial charge on any atom is -0.399 e. The molecular weight excluding hydrogens is 278 g/mol. The van der Waals surface area contributed by atoms with Crippen LogP contribution in [0.1, 0.15) is 20.8 Å². The third-order valence-electron chi connectivity index (χ3n) is 2.23. The summed E-state index contributed by atoms with van der Waals surface area (Å²) in [4.78, 5) is 16.2. The summed E-state index contributed by atoms with van der Waals surface area (Å²) in [6, 6.07) is 5.65. The van der Waals surface area contributed by atoms with Crippen LogP contribution in [-0.4, -0.2) is 22.2 Å². The maximum absolute atomic E-state index is 11.7. The molecule has 0 fully saturated rings. The lowest BCUT2D eigenvalue weighted by Crippen LogP contribution is -2.41. The normalized spacial score (nSPS) is 11.7. The highest BCUT2D eigenvalue weighted by Gasteiger charge is 2.14. The molecule has 1 heterocycles. The lowest BCUT2D eigenvalue weighted by atomic mass is 10.1. The smallest absolute Gasteiger partial charge is 0.230 e. The zero-order valence-corrected chi connectivity index (χ0v) is 12.8. The molecule has 0 radical (unpaired) electrons. The second-order valence-corrected chi connectivity index (χ2v) is 7.55. The number of anilines is 1. The molecule has 0 atom stereocenters. The molecule has 0 saturated carbocycles. The van der Waals surface area contributed by atoms with Crippen molar-refractivity contribution in [2.24, 2.45) is 0 Å². The molecule has 3 N–H and O–H groups in total. The van der Waals surface area contributed by atoms with Crippen LogP contribution in [0, 0.1) is 0 Å². The van der Waals surface area contributed by atoms with Crippen LogP contribution < -0.4 is 11.1 Å². The zero-order valence-electron chi connectivity index (χ0n) is 11.2. The molecule has 6 heteroatoms. The molecule has 1 aromatic carbocycles. The van der Waals surface area contributed by atoms with Crippen molar-refractivity contribution < 1.29 is 4.79 Å². The number of fused-ring (bicyclic) bond motifs is 1. The number of nitrogens with two attached hydrogens (primary N) is 1. The summed E-state index contributed by atoms with van der Waals surface area (Å²) in [7, 11) is 0. The van der Waals surface area contributed by atoms with Crippen LogP contribution in [0.25, 0.3) is 10.2 Å². The van der Waals surface area contributed by atoms with Crippen molar-refractivity contribution in [2.75, 3.05) is 11.5 Å². The lowest BCUT2D eigenvalue weighted by Gasteiger charge is -2.19. The van der Waals surface area contributed by atoms with E-state index in [4.69, 9.17) is 5.73 Å². The van der Waals surface area contributed by atoms with Gasteiger partial charge in [0.1, 0.15) is 0 Å². The van der Waals surface area contributed by atoms with Crippen molar-refractivity contribution in [1.82, 2.24) is 10.3 Å². The molecule has 0 unspecified atom stereocenters. The standard InChI is InChI=1S/C13H17N3OS2/c1-13(2,3)16-11(17)7-18-12-15-9-5-4-8(14)6-10(9)19-12/h4-6H,7,14H2,1-3H3,(H,16,17). The van der Waals surface area contributed by atoms with Gasteiger partial charge in [-0.15, -0.1) is 11.3 Å². The maximum Gasteiger partial charge on any atom is 0.230 e.